The Kier molecular flexibility index (Phi) is 6.24. The molecule has 0 aromatic heterocycles. The van der Waals surface area contributed by atoms with Crippen LogP contribution in [0.5, 0.6) is 0 Å². The molecule has 0 atom stereocenters. The van der Waals surface area contributed by atoms with E-state index in [0.29, 0.717) is 17.8 Å². The first-order valence-corrected chi connectivity index (χ1v) is 7.98. The van der Waals surface area contributed by atoms with Crippen molar-refractivity contribution in [1.29, 1.82) is 0 Å². The topological polar surface area (TPSA) is 64.4 Å². The number of aliphatic imine (C=N–C) groups is 1. The highest BCUT2D eigenvalue weighted by atomic mass is 14.9. The van der Waals surface area contributed by atoms with E-state index >= 15 is 0 Å². The molecule has 1 aliphatic rings. The summed E-state index contributed by atoms with van der Waals surface area (Å²) >= 11 is 0. The summed E-state index contributed by atoms with van der Waals surface area (Å²) in [4.78, 5) is 4.54. The van der Waals surface area contributed by atoms with Gasteiger partial charge in [-0.15, -0.1) is 0 Å². The Bertz CT molecular complexity index is 582. The molecule has 1 aromatic carbocycles. The minimum atomic E-state index is 0.375. The maximum atomic E-state index is 6.09. The van der Waals surface area contributed by atoms with E-state index in [1.165, 1.54) is 0 Å². The van der Waals surface area contributed by atoms with Crippen molar-refractivity contribution in [2.24, 2.45) is 22.4 Å². The van der Waals surface area contributed by atoms with E-state index in [-0.39, 0.29) is 0 Å². The zero-order valence-electron chi connectivity index (χ0n) is 13.3. The summed E-state index contributed by atoms with van der Waals surface area (Å²) in [7, 11) is 0. The van der Waals surface area contributed by atoms with Crippen LogP contribution in [0.4, 0.5) is 0 Å². The minimum Gasteiger partial charge on any atom is -0.383 e. The van der Waals surface area contributed by atoms with Gasteiger partial charge in [-0.05, 0) is 50.7 Å². The summed E-state index contributed by atoms with van der Waals surface area (Å²) in [6.07, 6.45) is 6.43. The lowest BCUT2D eigenvalue weighted by Gasteiger charge is -2.24. The molecule has 22 heavy (non-hydrogen) atoms. The van der Waals surface area contributed by atoms with Crippen LogP contribution in [0, 0.1) is 17.8 Å². The molecule has 1 saturated carbocycles. The molecular formula is C19H25N3. The molecule has 0 unspecified atom stereocenters. The van der Waals surface area contributed by atoms with Gasteiger partial charge in [0.05, 0.1) is 5.57 Å². The van der Waals surface area contributed by atoms with Crippen LogP contribution < -0.4 is 11.5 Å². The van der Waals surface area contributed by atoms with Crippen LogP contribution in [0.25, 0.3) is 0 Å². The molecule has 0 radical (unpaired) electrons. The summed E-state index contributed by atoms with van der Waals surface area (Å²) in [5, 5.41) is 0. The molecule has 0 heterocycles. The fraction of sp³-hybridized carbons (Fsp3) is 0.421. The van der Waals surface area contributed by atoms with E-state index in [4.69, 9.17) is 11.5 Å². The Morgan fingerprint density at radius 3 is 2.55 bits per heavy atom. The Hall–Kier alpha value is -2.05. The maximum Gasteiger partial charge on any atom is 0.133 e. The van der Waals surface area contributed by atoms with Gasteiger partial charge in [0.2, 0.25) is 0 Å². The Labute approximate surface area is 133 Å². The van der Waals surface area contributed by atoms with Gasteiger partial charge in [-0.1, -0.05) is 36.1 Å². The van der Waals surface area contributed by atoms with Gasteiger partial charge in [0.1, 0.15) is 5.84 Å². The third kappa shape index (κ3) is 5.05. The van der Waals surface area contributed by atoms with Gasteiger partial charge >= 0.3 is 0 Å². The third-order valence-electron chi connectivity index (χ3n) is 4.09. The van der Waals surface area contributed by atoms with E-state index in [2.05, 4.69) is 16.8 Å². The highest BCUT2D eigenvalue weighted by molar-refractivity contribution is 6.01. The monoisotopic (exact) mass is 295 g/mol. The first-order valence-electron chi connectivity index (χ1n) is 7.98. The van der Waals surface area contributed by atoms with Crippen molar-refractivity contribution in [3.63, 3.8) is 0 Å². The van der Waals surface area contributed by atoms with Crippen LogP contribution >= 0.6 is 0 Å². The summed E-state index contributed by atoms with van der Waals surface area (Å²) in [5.41, 5.74) is 13.8. The second-order valence-electron chi connectivity index (χ2n) is 5.83. The largest absolute Gasteiger partial charge is 0.383 e. The predicted octanol–water partition coefficient (Wildman–Crippen LogP) is 2.86. The quantitative estimate of drug-likeness (QED) is 0.511. The average molecular weight is 295 g/mol. The van der Waals surface area contributed by atoms with Crippen molar-refractivity contribution in [1.82, 2.24) is 0 Å². The van der Waals surface area contributed by atoms with Gasteiger partial charge in [0, 0.05) is 18.2 Å². The number of allylic oxidation sites excluding steroid dienone is 1. The molecule has 0 saturated heterocycles. The number of amidine groups is 1. The second-order valence-corrected chi connectivity index (χ2v) is 5.83. The molecule has 3 heteroatoms. The number of benzene rings is 1. The van der Waals surface area contributed by atoms with E-state index < -0.39 is 0 Å². The molecule has 0 spiro atoms. The lowest BCUT2D eigenvalue weighted by Crippen LogP contribution is -2.28. The molecule has 116 valence electrons. The number of rotatable bonds is 3. The predicted molar refractivity (Wildman–Crippen MR) is 93.5 cm³/mol. The molecule has 1 aliphatic carbocycles. The van der Waals surface area contributed by atoms with Crippen LogP contribution in [0.15, 0.2) is 47.0 Å². The van der Waals surface area contributed by atoms with Gasteiger partial charge in [-0.3, -0.25) is 4.99 Å². The number of hydrogen-bond donors (Lipinski definition) is 2. The summed E-state index contributed by atoms with van der Waals surface area (Å²) in [6, 6.07) is 10.3. The first kappa shape index (κ1) is 16.3. The highest BCUT2D eigenvalue weighted by Gasteiger charge is 2.18. The van der Waals surface area contributed by atoms with E-state index in [0.717, 1.165) is 43.4 Å². The van der Waals surface area contributed by atoms with Crippen molar-refractivity contribution in [2.45, 2.75) is 38.6 Å². The second kappa shape index (κ2) is 8.41. The summed E-state index contributed by atoms with van der Waals surface area (Å²) < 4.78 is 0. The third-order valence-corrected chi connectivity index (χ3v) is 4.09. The molecule has 1 fully saturated rings. The van der Waals surface area contributed by atoms with Gasteiger partial charge < -0.3 is 11.5 Å². The average Bonchev–Trinajstić information content (AvgIpc) is 2.56. The molecule has 0 aliphatic heterocycles. The van der Waals surface area contributed by atoms with Gasteiger partial charge in [-0.2, -0.15) is 0 Å². The van der Waals surface area contributed by atoms with Crippen LogP contribution in [0.1, 0.15) is 38.2 Å². The fourth-order valence-electron chi connectivity index (χ4n) is 2.63. The summed E-state index contributed by atoms with van der Waals surface area (Å²) in [6.45, 7) is 2.72. The van der Waals surface area contributed by atoms with E-state index in [1.807, 2.05) is 43.3 Å². The molecule has 0 bridgehead atoms. The molecule has 3 nitrogen and oxygen atoms in total. The minimum absolute atomic E-state index is 0.375. The Balaban J connectivity index is 1.96. The van der Waals surface area contributed by atoms with Crippen LogP contribution in [-0.2, 0) is 0 Å². The normalized spacial score (nSPS) is 22.8. The smallest absolute Gasteiger partial charge is 0.133 e. The Morgan fingerprint density at radius 1 is 1.23 bits per heavy atom. The number of hydrogen-bond acceptors (Lipinski definition) is 2. The standard InChI is InChI=1S/C19H25N3/c1-2-17(11-8-15-6-4-3-5-7-15)19(21)22-14-16-9-12-18(20)13-10-16/h2-7,16,18H,9-10,12-14,20H2,1H3,(H2,21,22)/b17-2-. The maximum absolute atomic E-state index is 6.09. The van der Waals surface area contributed by atoms with E-state index in [9.17, 15) is 0 Å². The van der Waals surface area contributed by atoms with E-state index in [1.54, 1.807) is 0 Å². The molecular weight excluding hydrogens is 270 g/mol. The van der Waals surface area contributed by atoms with Crippen molar-refractivity contribution < 1.29 is 0 Å². The van der Waals surface area contributed by atoms with Crippen LogP contribution in [0.3, 0.4) is 0 Å². The van der Waals surface area contributed by atoms with Crippen LogP contribution in [-0.4, -0.2) is 18.4 Å². The SMILES string of the molecule is C/C=C(/C#Cc1ccccc1)C(N)=NCC1CCC(N)CC1. The lowest BCUT2D eigenvalue weighted by atomic mass is 9.86. The number of nitrogens with zero attached hydrogens (tertiary/aromatic N) is 1. The van der Waals surface area contributed by atoms with Crippen molar-refractivity contribution in [2.75, 3.05) is 6.54 Å². The highest BCUT2D eigenvalue weighted by Crippen LogP contribution is 2.23. The first-order chi connectivity index (χ1) is 10.7. The van der Waals surface area contributed by atoms with Crippen molar-refractivity contribution in [3.8, 4) is 11.8 Å². The van der Waals surface area contributed by atoms with Gasteiger partial charge in [0.15, 0.2) is 0 Å². The molecule has 2 rings (SSSR count). The van der Waals surface area contributed by atoms with Gasteiger partial charge in [-0.25, -0.2) is 0 Å². The van der Waals surface area contributed by atoms with Crippen molar-refractivity contribution >= 4 is 5.84 Å². The van der Waals surface area contributed by atoms with Crippen molar-refractivity contribution in [3.05, 3.63) is 47.5 Å². The summed E-state index contributed by atoms with van der Waals surface area (Å²) in [5.74, 6) is 7.39. The zero-order valence-corrected chi connectivity index (χ0v) is 13.3. The van der Waals surface area contributed by atoms with Gasteiger partial charge in [0.25, 0.3) is 0 Å². The number of nitrogens with two attached hydrogens (primary N) is 2. The van der Waals surface area contributed by atoms with Crippen LogP contribution in [0.2, 0.25) is 0 Å². The molecule has 0 amide bonds. The molecule has 4 N–H and O–H groups in total. The zero-order chi connectivity index (χ0) is 15.8. The fourth-order valence-corrected chi connectivity index (χ4v) is 2.63. The molecule has 1 aromatic rings. The Morgan fingerprint density at radius 2 is 1.91 bits per heavy atom. The lowest BCUT2D eigenvalue weighted by molar-refractivity contribution is 0.333.